The average Bonchev–Trinajstić information content (AvgIpc) is 3.34. The zero-order valence-corrected chi connectivity index (χ0v) is 23.0. The molecule has 0 bridgehead atoms. The van der Waals surface area contributed by atoms with Gasteiger partial charge in [-0.25, -0.2) is 14.6 Å². The summed E-state index contributed by atoms with van der Waals surface area (Å²) in [4.78, 5) is 45.9. The number of rotatable bonds is 10. The second kappa shape index (κ2) is 12.1. The molecule has 0 aromatic carbocycles. The van der Waals surface area contributed by atoms with Crippen LogP contribution in [-0.2, 0) is 19.0 Å². The normalized spacial score (nSPS) is 14.6. The minimum absolute atomic E-state index is 0.247. The summed E-state index contributed by atoms with van der Waals surface area (Å²) in [6.45, 7) is 12.0. The molecule has 2 amide bonds. The van der Waals surface area contributed by atoms with Crippen molar-refractivity contribution in [2.24, 2.45) is 0 Å². The quantitative estimate of drug-likeness (QED) is 0.268. The Kier molecular flexibility index (Phi) is 9.16. The van der Waals surface area contributed by atoms with Crippen LogP contribution in [0.2, 0.25) is 0 Å². The predicted molar refractivity (Wildman–Crippen MR) is 142 cm³/mol. The molecule has 0 spiro atoms. The van der Waals surface area contributed by atoms with Gasteiger partial charge < -0.3 is 34.1 Å². The van der Waals surface area contributed by atoms with Crippen LogP contribution in [0.15, 0.2) is 18.3 Å². The van der Waals surface area contributed by atoms with E-state index in [1.807, 2.05) is 34.6 Å². The van der Waals surface area contributed by atoms with Gasteiger partial charge >= 0.3 is 12.1 Å². The molecule has 3 rings (SSSR count). The maximum atomic E-state index is 12.7. The van der Waals surface area contributed by atoms with E-state index in [9.17, 15) is 14.4 Å². The van der Waals surface area contributed by atoms with E-state index in [1.165, 1.54) is 11.1 Å². The van der Waals surface area contributed by atoms with Gasteiger partial charge in [-0.1, -0.05) is 0 Å². The number of aryl methyl sites for hydroxylation is 1. The third-order valence-electron chi connectivity index (χ3n) is 5.38. The number of carbonyl (C=O) groups excluding carboxylic acids is 3. The van der Waals surface area contributed by atoms with Crippen molar-refractivity contribution in [3.8, 4) is 5.88 Å². The molecule has 2 aromatic rings. The molecule has 2 aromatic heterocycles. The van der Waals surface area contributed by atoms with Crippen LogP contribution in [0, 0.1) is 6.92 Å². The van der Waals surface area contributed by atoms with Crippen molar-refractivity contribution in [1.82, 2.24) is 14.9 Å². The largest absolute Gasteiger partial charge is 0.472 e. The Bertz CT molecular complexity index is 1210. The molecule has 1 atom stereocenters. The first kappa shape index (κ1) is 28.7. The highest BCUT2D eigenvalue weighted by Crippen LogP contribution is 2.35. The Hall–Kier alpha value is -3.86. The number of esters is 1. The van der Waals surface area contributed by atoms with E-state index in [0.29, 0.717) is 47.1 Å². The summed E-state index contributed by atoms with van der Waals surface area (Å²) >= 11 is 0. The van der Waals surface area contributed by atoms with Gasteiger partial charge in [0.2, 0.25) is 5.88 Å². The van der Waals surface area contributed by atoms with Gasteiger partial charge in [0.1, 0.15) is 11.7 Å². The van der Waals surface area contributed by atoms with E-state index in [2.05, 4.69) is 15.3 Å². The summed E-state index contributed by atoms with van der Waals surface area (Å²) in [5.41, 5.74) is 2.56. The van der Waals surface area contributed by atoms with Gasteiger partial charge in [0.25, 0.3) is 5.91 Å². The molecule has 0 saturated heterocycles. The Morgan fingerprint density at radius 1 is 1.24 bits per heavy atom. The number of aromatic amines is 1. The van der Waals surface area contributed by atoms with Crippen LogP contribution >= 0.6 is 0 Å². The summed E-state index contributed by atoms with van der Waals surface area (Å²) in [7, 11) is 1.65. The van der Waals surface area contributed by atoms with Crippen molar-refractivity contribution in [2.45, 2.75) is 53.2 Å². The molecule has 206 valence electrons. The molecular formula is C27H36N4O7. The molecule has 11 nitrogen and oxygen atoms in total. The first-order valence-corrected chi connectivity index (χ1v) is 12.5. The van der Waals surface area contributed by atoms with Crippen molar-refractivity contribution < 1.29 is 33.3 Å². The lowest BCUT2D eigenvalue weighted by atomic mass is 10.1. The number of aromatic nitrogens is 2. The summed E-state index contributed by atoms with van der Waals surface area (Å²) in [6.07, 6.45) is 2.40. The summed E-state index contributed by atoms with van der Waals surface area (Å²) in [5, 5.41) is 2.78. The minimum atomic E-state index is -0.559. The SMILES string of the molecule is CCOC(=O)c1cc(C)[nH]c1/C=C1\C(=O)Nc2cnc(OC(C)COCCN(C)C(=O)OC(C)(C)C)cc21. The fourth-order valence-electron chi connectivity index (χ4n) is 3.65. The standard InChI is InChI=1S/C27H36N4O7/c1-8-36-25(33)20-11-16(2)29-21(20)12-19-18-13-23(28-14-22(18)30-24(19)32)37-17(3)15-35-10-9-31(7)26(34)38-27(4,5)6/h11-14,17,29H,8-10,15H2,1-7H3,(H,30,32)/b19-12-. The van der Waals surface area contributed by atoms with Crippen LogP contribution in [-0.4, -0.2) is 78.0 Å². The Morgan fingerprint density at radius 3 is 2.66 bits per heavy atom. The smallest absolute Gasteiger partial charge is 0.410 e. The second-order valence-corrected chi connectivity index (χ2v) is 9.99. The van der Waals surface area contributed by atoms with Crippen LogP contribution in [0.5, 0.6) is 5.88 Å². The fraction of sp³-hybridized carbons (Fsp3) is 0.481. The van der Waals surface area contributed by atoms with E-state index >= 15 is 0 Å². The number of anilines is 1. The zero-order valence-electron chi connectivity index (χ0n) is 23.0. The van der Waals surface area contributed by atoms with Crippen molar-refractivity contribution in [2.75, 3.05) is 38.7 Å². The maximum Gasteiger partial charge on any atom is 0.410 e. The highest BCUT2D eigenvalue weighted by molar-refractivity contribution is 6.35. The van der Waals surface area contributed by atoms with Crippen molar-refractivity contribution >= 4 is 35.3 Å². The predicted octanol–water partition coefficient (Wildman–Crippen LogP) is 4.04. The van der Waals surface area contributed by atoms with Crippen molar-refractivity contribution in [1.29, 1.82) is 0 Å². The molecule has 3 heterocycles. The molecule has 38 heavy (non-hydrogen) atoms. The number of ether oxygens (including phenoxy) is 4. The minimum Gasteiger partial charge on any atom is -0.472 e. The first-order valence-electron chi connectivity index (χ1n) is 12.5. The number of amides is 2. The van der Waals surface area contributed by atoms with E-state index in [4.69, 9.17) is 18.9 Å². The molecule has 0 saturated carbocycles. The highest BCUT2D eigenvalue weighted by Gasteiger charge is 2.27. The number of carbonyl (C=O) groups is 3. The monoisotopic (exact) mass is 528 g/mol. The molecule has 1 aliphatic rings. The van der Waals surface area contributed by atoms with Gasteiger partial charge in [-0.05, 0) is 53.7 Å². The number of hydrogen-bond acceptors (Lipinski definition) is 8. The summed E-state index contributed by atoms with van der Waals surface area (Å²) < 4.78 is 22.0. The van der Waals surface area contributed by atoms with E-state index in [0.717, 1.165) is 5.69 Å². The van der Waals surface area contributed by atoms with Crippen molar-refractivity contribution in [3.63, 3.8) is 0 Å². The molecular weight excluding hydrogens is 492 g/mol. The fourth-order valence-corrected chi connectivity index (χ4v) is 3.65. The lowest BCUT2D eigenvalue weighted by molar-refractivity contribution is -0.110. The van der Waals surface area contributed by atoms with Crippen LogP contribution < -0.4 is 10.1 Å². The Balaban J connectivity index is 1.62. The Morgan fingerprint density at radius 2 is 1.97 bits per heavy atom. The number of fused-ring (bicyclic) bond motifs is 1. The maximum absolute atomic E-state index is 12.7. The molecule has 2 N–H and O–H groups in total. The van der Waals surface area contributed by atoms with E-state index in [1.54, 1.807) is 32.2 Å². The number of hydrogen-bond donors (Lipinski definition) is 2. The summed E-state index contributed by atoms with van der Waals surface area (Å²) in [5.74, 6) is -0.458. The second-order valence-electron chi connectivity index (χ2n) is 9.99. The highest BCUT2D eigenvalue weighted by atomic mass is 16.6. The molecule has 0 fully saturated rings. The lowest BCUT2D eigenvalue weighted by Gasteiger charge is -2.24. The zero-order chi connectivity index (χ0) is 28.0. The Labute approximate surface area is 222 Å². The van der Waals surface area contributed by atoms with Crippen LogP contribution in [0.4, 0.5) is 10.5 Å². The van der Waals surface area contributed by atoms with Gasteiger partial charge in [-0.3, -0.25) is 4.79 Å². The lowest BCUT2D eigenvalue weighted by Crippen LogP contribution is -2.36. The number of likely N-dealkylation sites (N-methyl/N-ethyl adjacent to an activating group) is 1. The number of nitrogens with zero attached hydrogens (tertiary/aromatic N) is 2. The van der Waals surface area contributed by atoms with Crippen LogP contribution in [0.1, 0.15) is 61.9 Å². The topological polar surface area (TPSA) is 132 Å². The van der Waals surface area contributed by atoms with Gasteiger partial charge in [0.15, 0.2) is 0 Å². The van der Waals surface area contributed by atoms with Crippen molar-refractivity contribution in [3.05, 3.63) is 40.8 Å². The summed E-state index contributed by atoms with van der Waals surface area (Å²) in [6, 6.07) is 3.36. The van der Waals surface area contributed by atoms with Gasteiger partial charge in [0, 0.05) is 30.9 Å². The van der Waals surface area contributed by atoms with Gasteiger partial charge in [-0.2, -0.15) is 0 Å². The third-order valence-corrected chi connectivity index (χ3v) is 5.38. The van der Waals surface area contributed by atoms with E-state index in [-0.39, 0.29) is 25.2 Å². The first-order chi connectivity index (χ1) is 17.9. The molecule has 11 heteroatoms. The molecule has 1 aliphatic heterocycles. The molecule has 1 unspecified atom stereocenters. The van der Waals surface area contributed by atoms with Gasteiger partial charge in [0.05, 0.1) is 48.5 Å². The molecule has 0 radical (unpaired) electrons. The van der Waals surface area contributed by atoms with Crippen LogP contribution in [0.3, 0.4) is 0 Å². The third kappa shape index (κ3) is 7.58. The number of nitrogens with one attached hydrogen (secondary N) is 2. The number of pyridine rings is 1. The van der Waals surface area contributed by atoms with Gasteiger partial charge in [-0.15, -0.1) is 0 Å². The van der Waals surface area contributed by atoms with Crippen LogP contribution in [0.25, 0.3) is 11.6 Å². The average molecular weight is 529 g/mol. The molecule has 0 aliphatic carbocycles. The van der Waals surface area contributed by atoms with E-state index < -0.39 is 17.7 Å². The number of H-pyrrole nitrogens is 1.